The normalized spacial score (nSPS) is 15.7. The lowest BCUT2D eigenvalue weighted by atomic mass is 10.2. The van der Waals surface area contributed by atoms with Crippen LogP contribution < -0.4 is 10.2 Å². The predicted molar refractivity (Wildman–Crippen MR) is 117 cm³/mol. The van der Waals surface area contributed by atoms with Gasteiger partial charge < -0.3 is 14.6 Å². The average molecular weight is 405 g/mol. The Hall–Kier alpha value is -3.16. The van der Waals surface area contributed by atoms with Crippen molar-refractivity contribution in [3.05, 3.63) is 82.8 Å². The number of rotatable bonds is 3. The number of carbonyl (C=O) groups is 1. The summed E-state index contributed by atoms with van der Waals surface area (Å²) in [5.74, 6) is 6.99. The third-order valence-corrected chi connectivity index (χ3v) is 5.17. The first kappa shape index (κ1) is 19.2. The Labute approximate surface area is 175 Å². The average Bonchev–Trinajstić information content (AvgIpc) is 3.37. The second-order valence-corrected chi connectivity index (χ2v) is 7.70. The summed E-state index contributed by atoms with van der Waals surface area (Å²) in [5.41, 5.74) is 2.74. The molecule has 0 spiro atoms. The molecule has 5 heteroatoms. The number of hydrogen-bond acceptors (Lipinski definition) is 3. The Bertz CT molecular complexity index is 1060. The molecule has 0 aliphatic carbocycles. The molecule has 0 bridgehead atoms. The highest BCUT2D eigenvalue weighted by molar-refractivity contribution is 6.30. The SMILES string of the molecule is CC1CCN(c2ccc(NC(=O)c3ccc(C#Cc4ccc(Cl)cc4)o3)cc2)C1. The zero-order chi connectivity index (χ0) is 20.2. The molecule has 29 heavy (non-hydrogen) atoms. The zero-order valence-corrected chi connectivity index (χ0v) is 16.9. The summed E-state index contributed by atoms with van der Waals surface area (Å²) in [4.78, 5) is 14.8. The molecular formula is C24H21ClN2O2. The molecule has 4 nitrogen and oxygen atoms in total. The number of furan rings is 1. The molecule has 1 N–H and O–H groups in total. The van der Waals surface area contributed by atoms with Crippen molar-refractivity contribution in [2.45, 2.75) is 13.3 Å². The highest BCUT2D eigenvalue weighted by Gasteiger charge is 2.19. The van der Waals surface area contributed by atoms with Gasteiger partial charge in [-0.05, 0) is 78.9 Å². The molecule has 1 amide bonds. The topological polar surface area (TPSA) is 45.5 Å². The Morgan fingerprint density at radius 2 is 1.83 bits per heavy atom. The Balaban J connectivity index is 1.38. The van der Waals surface area contributed by atoms with Crippen molar-refractivity contribution in [3.63, 3.8) is 0 Å². The number of hydrogen-bond donors (Lipinski definition) is 1. The summed E-state index contributed by atoms with van der Waals surface area (Å²) in [5, 5.41) is 3.53. The summed E-state index contributed by atoms with van der Waals surface area (Å²) in [7, 11) is 0. The molecule has 4 rings (SSSR count). The van der Waals surface area contributed by atoms with Crippen molar-refractivity contribution in [2.24, 2.45) is 5.92 Å². The van der Waals surface area contributed by atoms with Gasteiger partial charge in [-0.1, -0.05) is 24.4 Å². The molecule has 1 fully saturated rings. The van der Waals surface area contributed by atoms with Gasteiger partial charge in [-0.2, -0.15) is 0 Å². The summed E-state index contributed by atoms with van der Waals surface area (Å²) in [6.07, 6.45) is 1.22. The maximum absolute atomic E-state index is 12.4. The van der Waals surface area contributed by atoms with Gasteiger partial charge in [0.1, 0.15) is 0 Å². The minimum atomic E-state index is -0.299. The van der Waals surface area contributed by atoms with Crippen LogP contribution in [0, 0.1) is 17.8 Å². The van der Waals surface area contributed by atoms with Gasteiger partial charge in [-0.3, -0.25) is 4.79 Å². The molecule has 0 radical (unpaired) electrons. The smallest absolute Gasteiger partial charge is 0.291 e. The third kappa shape index (κ3) is 4.82. The van der Waals surface area contributed by atoms with Gasteiger partial charge in [-0.25, -0.2) is 0 Å². The fraction of sp³-hybridized carbons (Fsp3) is 0.208. The van der Waals surface area contributed by atoms with E-state index in [-0.39, 0.29) is 11.7 Å². The van der Waals surface area contributed by atoms with Crippen LogP contribution in [-0.2, 0) is 0 Å². The van der Waals surface area contributed by atoms with Crippen LogP contribution in [0.5, 0.6) is 0 Å². The van der Waals surface area contributed by atoms with Crippen LogP contribution >= 0.6 is 11.6 Å². The van der Waals surface area contributed by atoms with Crippen molar-refractivity contribution in [2.75, 3.05) is 23.3 Å². The zero-order valence-electron chi connectivity index (χ0n) is 16.1. The largest absolute Gasteiger partial charge is 0.443 e. The Morgan fingerprint density at radius 3 is 2.52 bits per heavy atom. The van der Waals surface area contributed by atoms with Crippen LogP contribution in [0.15, 0.2) is 65.1 Å². The Morgan fingerprint density at radius 1 is 1.07 bits per heavy atom. The van der Waals surface area contributed by atoms with Gasteiger partial charge >= 0.3 is 0 Å². The number of amides is 1. The Kier molecular flexibility index (Phi) is 5.59. The standard InChI is InChI=1S/C24H21ClN2O2/c1-17-14-15-27(16-17)21-9-7-20(8-10-21)26-24(28)23-13-12-22(29-23)11-4-18-2-5-19(25)6-3-18/h2-3,5-10,12-13,17H,14-16H2,1H3,(H,26,28). The van der Waals surface area contributed by atoms with Crippen LogP contribution in [0.25, 0.3) is 0 Å². The second kappa shape index (κ2) is 8.46. The first-order valence-electron chi connectivity index (χ1n) is 9.60. The van der Waals surface area contributed by atoms with E-state index in [0.717, 1.165) is 30.3 Å². The third-order valence-electron chi connectivity index (χ3n) is 4.92. The highest BCUT2D eigenvalue weighted by Crippen LogP contribution is 2.25. The van der Waals surface area contributed by atoms with Crippen molar-refractivity contribution in [1.82, 2.24) is 0 Å². The summed E-state index contributed by atoms with van der Waals surface area (Å²) in [6, 6.07) is 18.5. The van der Waals surface area contributed by atoms with Crippen LogP contribution in [0.2, 0.25) is 5.02 Å². The van der Waals surface area contributed by atoms with E-state index in [1.165, 1.54) is 12.1 Å². The van der Waals surface area contributed by atoms with E-state index in [4.69, 9.17) is 16.0 Å². The van der Waals surface area contributed by atoms with E-state index >= 15 is 0 Å². The summed E-state index contributed by atoms with van der Waals surface area (Å²) in [6.45, 7) is 4.43. The van der Waals surface area contributed by atoms with Crippen LogP contribution in [0.3, 0.4) is 0 Å². The van der Waals surface area contributed by atoms with Gasteiger partial charge in [0.2, 0.25) is 0 Å². The molecule has 1 unspecified atom stereocenters. The molecule has 2 aromatic carbocycles. The van der Waals surface area contributed by atoms with Crippen molar-refractivity contribution in [3.8, 4) is 11.8 Å². The van der Waals surface area contributed by atoms with E-state index in [2.05, 4.69) is 29.0 Å². The van der Waals surface area contributed by atoms with E-state index < -0.39 is 0 Å². The van der Waals surface area contributed by atoms with Gasteiger partial charge in [0, 0.05) is 35.1 Å². The number of benzene rings is 2. The fourth-order valence-electron chi connectivity index (χ4n) is 3.31. The van der Waals surface area contributed by atoms with Gasteiger partial charge in [-0.15, -0.1) is 0 Å². The summed E-state index contributed by atoms with van der Waals surface area (Å²) < 4.78 is 5.56. The first-order chi connectivity index (χ1) is 14.1. The van der Waals surface area contributed by atoms with Crippen molar-refractivity contribution < 1.29 is 9.21 Å². The van der Waals surface area contributed by atoms with E-state index in [1.54, 1.807) is 24.3 Å². The van der Waals surface area contributed by atoms with Crippen molar-refractivity contribution >= 4 is 28.9 Å². The minimum Gasteiger partial charge on any atom is -0.443 e. The second-order valence-electron chi connectivity index (χ2n) is 7.26. The molecule has 1 saturated heterocycles. The first-order valence-corrected chi connectivity index (χ1v) is 9.98. The lowest BCUT2D eigenvalue weighted by Gasteiger charge is -2.18. The molecule has 3 aromatic rings. The molecule has 2 heterocycles. The monoisotopic (exact) mass is 404 g/mol. The number of nitrogens with zero attached hydrogens (tertiary/aromatic N) is 1. The maximum atomic E-state index is 12.4. The number of carbonyl (C=O) groups excluding carboxylic acids is 1. The maximum Gasteiger partial charge on any atom is 0.291 e. The van der Waals surface area contributed by atoms with Gasteiger partial charge in [0.15, 0.2) is 11.5 Å². The molecule has 0 saturated carbocycles. The van der Waals surface area contributed by atoms with Crippen LogP contribution in [0.4, 0.5) is 11.4 Å². The molecule has 1 aliphatic heterocycles. The highest BCUT2D eigenvalue weighted by atomic mass is 35.5. The van der Waals surface area contributed by atoms with E-state index in [0.29, 0.717) is 10.8 Å². The molecule has 146 valence electrons. The quantitative estimate of drug-likeness (QED) is 0.592. The van der Waals surface area contributed by atoms with E-state index in [1.807, 2.05) is 36.4 Å². The number of halogens is 1. The lowest BCUT2D eigenvalue weighted by molar-refractivity contribution is 0.0996. The lowest BCUT2D eigenvalue weighted by Crippen LogP contribution is -2.19. The predicted octanol–water partition coefficient (Wildman–Crippen LogP) is 5.43. The fourth-order valence-corrected chi connectivity index (χ4v) is 3.44. The molecule has 1 aromatic heterocycles. The minimum absolute atomic E-state index is 0.225. The van der Waals surface area contributed by atoms with Crippen LogP contribution in [-0.4, -0.2) is 19.0 Å². The van der Waals surface area contributed by atoms with Gasteiger partial charge in [0.25, 0.3) is 5.91 Å². The van der Waals surface area contributed by atoms with E-state index in [9.17, 15) is 4.79 Å². The number of anilines is 2. The van der Waals surface area contributed by atoms with Gasteiger partial charge in [0.05, 0.1) is 0 Å². The molecular weight excluding hydrogens is 384 g/mol. The molecule has 1 atom stereocenters. The number of nitrogens with one attached hydrogen (secondary N) is 1. The van der Waals surface area contributed by atoms with Crippen LogP contribution in [0.1, 0.15) is 35.2 Å². The molecule has 1 aliphatic rings. The summed E-state index contributed by atoms with van der Waals surface area (Å²) >= 11 is 5.87. The van der Waals surface area contributed by atoms with Crippen molar-refractivity contribution in [1.29, 1.82) is 0 Å².